The summed E-state index contributed by atoms with van der Waals surface area (Å²) >= 11 is 0. The second-order valence-corrected chi connectivity index (χ2v) is 1.07. The Morgan fingerprint density at radius 3 is 1.33 bits per heavy atom. The number of ether oxygens (including phenoxy) is 1. The molecule has 0 N–H and O–H groups in total. The summed E-state index contributed by atoms with van der Waals surface area (Å²) in [6.45, 7) is 7.24. The summed E-state index contributed by atoms with van der Waals surface area (Å²) in [4.78, 5) is 0. The molecule has 3 heteroatoms. The van der Waals surface area contributed by atoms with Gasteiger partial charge in [-0.2, -0.15) is 0 Å². The van der Waals surface area contributed by atoms with E-state index in [1.807, 2.05) is 13.8 Å². The zero-order chi connectivity index (χ0) is 6.83. The third kappa shape index (κ3) is 50.1. The molecule has 9 heavy (non-hydrogen) atoms. The molecule has 0 bridgehead atoms. The van der Waals surface area contributed by atoms with Crippen molar-refractivity contribution in [3.8, 4) is 0 Å². The zero-order valence-corrected chi connectivity index (χ0v) is 8.94. The quantitative estimate of drug-likeness (QED) is 0.396. The van der Waals surface area contributed by atoms with Crippen LogP contribution in [-0.2, 0) is 4.74 Å². The van der Waals surface area contributed by atoms with E-state index in [-0.39, 0.29) is 36.2 Å². The monoisotopic (exact) mass is 142 g/mol. The molecule has 0 aromatic carbocycles. The van der Waals surface area contributed by atoms with E-state index in [4.69, 9.17) is 9.84 Å². The Labute approximate surface area is 79.9 Å². The van der Waals surface area contributed by atoms with Gasteiger partial charge in [-0.15, -0.1) is 6.61 Å². The molecule has 0 atom stereocenters. The van der Waals surface area contributed by atoms with Crippen molar-refractivity contribution in [3.05, 3.63) is 0 Å². The predicted octanol–water partition coefficient (Wildman–Crippen LogP) is -2.59. The smallest absolute Gasteiger partial charge is 0.855 e. The molecule has 0 saturated carbocycles. The normalized spacial score (nSPS) is 6.67. The maximum Gasteiger partial charge on any atom is 1.00 e. The van der Waals surface area contributed by atoms with E-state index < -0.39 is 0 Å². The fourth-order valence-electron chi connectivity index (χ4n) is 0.204. The van der Waals surface area contributed by atoms with Gasteiger partial charge >= 0.3 is 29.6 Å². The molecule has 0 radical (unpaired) electrons. The van der Waals surface area contributed by atoms with Crippen LogP contribution in [0.15, 0.2) is 0 Å². The molecule has 0 fully saturated rings. The van der Waals surface area contributed by atoms with Crippen LogP contribution in [0.1, 0.15) is 20.8 Å². The minimum Gasteiger partial charge on any atom is -0.855 e. The maximum atomic E-state index is 8.93. The summed E-state index contributed by atoms with van der Waals surface area (Å²) in [6, 6.07) is 0. The maximum absolute atomic E-state index is 8.93. The van der Waals surface area contributed by atoms with E-state index in [2.05, 4.69) is 0 Å². The van der Waals surface area contributed by atoms with Crippen molar-refractivity contribution in [2.75, 3.05) is 19.8 Å². The van der Waals surface area contributed by atoms with Gasteiger partial charge in [0.1, 0.15) is 0 Å². The van der Waals surface area contributed by atoms with Crippen LogP contribution in [-0.4, -0.2) is 19.8 Å². The summed E-state index contributed by atoms with van der Waals surface area (Å²) in [7, 11) is 0. The van der Waals surface area contributed by atoms with E-state index >= 15 is 0 Å². The Bertz CT molecular complexity index is 25.0. The minimum absolute atomic E-state index is 0. The minimum atomic E-state index is 0. The Balaban J connectivity index is -0.0000000800. The van der Waals surface area contributed by atoms with Crippen molar-refractivity contribution < 1.29 is 39.4 Å². The predicted molar refractivity (Wildman–Crippen MR) is 32.7 cm³/mol. The van der Waals surface area contributed by atoms with E-state index in [1.165, 1.54) is 0 Å². The molecule has 0 aliphatic carbocycles. The van der Waals surface area contributed by atoms with Gasteiger partial charge in [0.25, 0.3) is 0 Å². The topological polar surface area (TPSA) is 32.3 Å². The number of hydrogen-bond donors (Lipinski definition) is 0. The van der Waals surface area contributed by atoms with E-state index in [9.17, 15) is 0 Å². The van der Waals surface area contributed by atoms with Gasteiger partial charge in [0.15, 0.2) is 0 Å². The molecular formula is C6H15NaO2. The standard InChI is InChI=1S/C4H10O.C2H5O.Na/c1-3-5-4-2;1-2-3;/h3-4H2,1-2H3;2H2,1H3;/q;-1;+1. The third-order valence-corrected chi connectivity index (χ3v) is 0.408. The van der Waals surface area contributed by atoms with Crippen LogP contribution in [0.2, 0.25) is 0 Å². The molecule has 52 valence electrons. The first kappa shape index (κ1) is 16.5. The first-order chi connectivity index (χ1) is 3.83. The second-order valence-electron chi connectivity index (χ2n) is 1.07. The Morgan fingerprint density at radius 2 is 1.33 bits per heavy atom. The van der Waals surface area contributed by atoms with Crippen molar-refractivity contribution in [3.63, 3.8) is 0 Å². The molecule has 0 aromatic heterocycles. The van der Waals surface area contributed by atoms with E-state index in [0.29, 0.717) is 0 Å². The van der Waals surface area contributed by atoms with Crippen LogP contribution in [0.25, 0.3) is 0 Å². The van der Waals surface area contributed by atoms with Gasteiger partial charge in [-0.05, 0) is 13.8 Å². The van der Waals surface area contributed by atoms with Crippen LogP contribution >= 0.6 is 0 Å². The van der Waals surface area contributed by atoms with Crippen LogP contribution in [0.4, 0.5) is 0 Å². The van der Waals surface area contributed by atoms with Gasteiger partial charge in [-0.25, -0.2) is 0 Å². The summed E-state index contributed by atoms with van der Waals surface area (Å²) in [5.74, 6) is 0. The number of hydrogen-bond acceptors (Lipinski definition) is 2. The first-order valence-corrected chi connectivity index (χ1v) is 2.99. The average molecular weight is 142 g/mol. The molecule has 0 aromatic rings. The molecule has 0 rings (SSSR count). The molecule has 0 heterocycles. The van der Waals surface area contributed by atoms with E-state index in [1.54, 1.807) is 6.92 Å². The molecule has 0 unspecified atom stereocenters. The molecular weight excluding hydrogens is 127 g/mol. The molecule has 0 aliphatic heterocycles. The van der Waals surface area contributed by atoms with Gasteiger partial charge < -0.3 is 9.84 Å². The Hall–Kier alpha value is 0.920. The van der Waals surface area contributed by atoms with Gasteiger partial charge in [0.2, 0.25) is 0 Å². The van der Waals surface area contributed by atoms with Gasteiger partial charge in [0.05, 0.1) is 0 Å². The zero-order valence-electron chi connectivity index (χ0n) is 6.94. The molecule has 0 spiro atoms. The SMILES string of the molecule is CCOCC.CC[O-].[Na+]. The van der Waals surface area contributed by atoms with Gasteiger partial charge in [-0.1, -0.05) is 6.92 Å². The molecule has 0 saturated heterocycles. The molecule has 0 aliphatic rings. The first-order valence-electron chi connectivity index (χ1n) is 2.99. The Morgan fingerprint density at radius 1 is 1.11 bits per heavy atom. The summed E-state index contributed by atoms with van der Waals surface area (Å²) in [5.41, 5.74) is 0. The van der Waals surface area contributed by atoms with Crippen LogP contribution in [0.3, 0.4) is 0 Å². The molecule has 2 nitrogen and oxygen atoms in total. The van der Waals surface area contributed by atoms with Crippen molar-refractivity contribution in [1.82, 2.24) is 0 Å². The fraction of sp³-hybridized carbons (Fsp3) is 1.00. The van der Waals surface area contributed by atoms with Crippen LogP contribution in [0.5, 0.6) is 0 Å². The van der Waals surface area contributed by atoms with Crippen molar-refractivity contribution >= 4 is 0 Å². The second kappa shape index (κ2) is 23.1. The van der Waals surface area contributed by atoms with Crippen LogP contribution in [0, 0.1) is 0 Å². The average Bonchev–Trinajstić information content (AvgIpc) is 1.71. The third-order valence-electron chi connectivity index (χ3n) is 0.408. The molecule has 0 amide bonds. The van der Waals surface area contributed by atoms with Crippen molar-refractivity contribution in [2.24, 2.45) is 0 Å². The Kier molecular flexibility index (Phi) is 42.3. The van der Waals surface area contributed by atoms with Crippen molar-refractivity contribution in [2.45, 2.75) is 20.8 Å². The summed E-state index contributed by atoms with van der Waals surface area (Å²) in [6.07, 6.45) is 0. The van der Waals surface area contributed by atoms with Crippen molar-refractivity contribution in [1.29, 1.82) is 0 Å². The van der Waals surface area contributed by atoms with Gasteiger partial charge in [-0.3, -0.25) is 0 Å². The van der Waals surface area contributed by atoms with E-state index in [0.717, 1.165) is 13.2 Å². The fourth-order valence-corrected chi connectivity index (χ4v) is 0.204. The van der Waals surface area contributed by atoms with Gasteiger partial charge in [0, 0.05) is 13.2 Å². The summed E-state index contributed by atoms with van der Waals surface area (Å²) < 4.78 is 4.83. The summed E-state index contributed by atoms with van der Waals surface area (Å²) in [5, 5.41) is 8.93. The largest absolute Gasteiger partial charge is 1.00 e. The number of rotatable bonds is 2. The van der Waals surface area contributed by atoms with Crippen LogP contribution < -0.4 is 34.7 Å².